The van der Waals surface area contributed by atoms with E-state index in [4.69, 9.17) is 5.11 Å². The predicted molar refractivity (Wildman–Crippen MR) is 82.6 cm³/mol. The molecule has 1 aliphatic rings. The summed E-state index contributed by atoms with van der Waals surface area (Å²) in [6, 6.07) is 10.8. The molecule has 0 amide bonds. The third kappa shape index (κ3) is 2.48. The largest absolute Gasteiger partial charge is 0.511 e. The maximum absolute atomic E-state index is 12.5. The summed E-state index contributed by atoms with van der Waals surface area (Å²) in [7, 11) is 0. The standard InChI is InChI=1S/C18H16O4/c1-2-3-4-11-5-7-13-14-8-6-12(22-18(20)21)10-16(14)17(19)15(13)9-11/h5-10H,2-4H2,1H3,(H,20,21). The van der Waals surface area contributed by atoms with E-state index in [2.05, 4.69) is 17.7 Å². The Morgan fingerprint density at radius 3 is 2.41 bits per heavy atom. The van der Waals surface area contributed by atoms with Gasteiger partial charge in [-0.3, -0.25) is 4.79 Å². The fraction of sp³-hybridized carbons (Fsp3) is 0.222. The van der Waals surface area contributed by atoms with E-state index in [9.17, 15) is 9.59 Å². The summed E-state index contributed by atoms with van der Waals surface area (Å²) < 4.78 is 4.63. The zero-order valence-corrected chi connectivity index (χ0v) is 12.3. The van der Waals surface area contributed by atoms with Crippen LogP contribution in [0.25, 0.3) is 11.1 Å². The maximum Gasteiger partial charge on any atom is 0.511 e. The molecule has 0 radical (unpaired) electrons. The Hall–Kier alpha value is -2.62. The zero-order chi connectivity index (χ0) is 15.7. The van der Waals surface area contributed by atoms with Gasteiger partial charge in [0, 0.05) is 11.1 Å². The number of fused-ring (bicyclic) bond motifs is 3. The molecule has 0 aliphatic heterocycles. The number of ketones is 1. The van der Waals surface area contributed by atoms with Crippen molar-refractivity contribution in [3.63, 3.8) is 0 Å². The molecule has 22 heavy (non-hydrogen) atoms. The molecule has 4 nitrogen and oxygen atoms in total. The summed E-state index contributed by atoms with van der Waals surface area (Å²) in [5, 5.41) is 8.67. The van der Waals surface area contributed by atoms with Gasteiger partial charge in [-0.25, -0.2) is 4.79 Å². The first-order valence-electron chi connectivity index (χ1n) is 7.33. The highest BCUT2D eigenvalue weighted by Gasteiger charge is 2.27. The molecular formula is C18H16O4. The molecule has 112 valence electrons. The highest BCUT2D eigenvalue weighted by atomic mass is 16.7. The third-order valence-corrected chi connectivity index (χ3v) is 3.88. The summed E-state index contributed by atoms with van der Waals surface area (Å²) in [6.45, 7) is 2.14. The van der Waals surface area contributed by atoms with Gasteiger partial charge in [-0.2, -0.15) is 0 Å². The number of carbonyl (C=O) groups excluding carboxylic acids is 1. The Labute approximate surface area is 128 Å². The minimum absolute atomic E-state index is 0.0702. The summed E-state index contributed by atoms with van der Waals surface area (Å²) in [6.07, 6.45) is 1.78. The number of carbonyl (C=O) groups is 2. The van der Waals surface area contributed by atoms with E-state index in [-0.39, 0.29) is 11.5 Å². The van der Waals surface area contributed by atoms with Gasteiger partial charge in [0.15, 0.2) is 5.78 Å². The average molecular weight is 296 g/mol. The fourth-order valence-corrected chi connectivity index (χ4v) is 2.81. The molecule has 3 rings (SSSR count). The molecule has 0 saturated carbocycles. The molecule has 4 heteroatoms. The van der Waals surface area contributed by atoms with Crippen LogP contribution in [0, 0.1) is 0 Å². The molecule has 0 saturated heterocycles. The Morgan fingerprint density at radius 2 is 1.73 bits per heavy atom. The van der Waals surface area contributed by atoms with Crippen molar-refractivity contribution >= 4 is 11.9 Å². The van der Waals surface area contributed by atoms with E-state index in [1.807, 2.05) is 12.1 Å². The van der Waals surface area contributed by atoms with E-state index in [1.54, 1.807) is 12.1 Å². The number of hydrogen-bond donors (Lipinski definition) is 1. The van der Waals surface area contributed by atoms with Gasteiger partial charge in [0.25, 0.3) is 0 Å². The first kappa shape index (κ1) is 14.3. The first-order chi connectivity index (χ1) is 10.6. The van der Waals surface area contributed by atoms with Crippen molar-refractivity contribution < 1.29 is 19.4 Å². The van der Waals surface area contributed by atoms with E-state index < -0.39 is 6.16 Å². The van der Waals surface area contributed by atoms with Crippen LogP contribution in [-0.4, -0.2) is 17.0 Å². The normalized spacial score (nSPS) is 12.0. The van der Waals surface area contributed by atoms with Crippen LogP contribution in [-0.2, 0) is 6.42 Å². The lowest BCUT2D eigenvalue weighted by atomic mass is 10.0. The van der Waals surface area contributed by atoms with Crippen LogP contribution >= 0.6 is 0 Å². The molecule has 1 aliphatic carbocycles. The van der Waals surface area contributed by atoms with Gasteiger partial charge in [-0.15, -0.1) is 0 Å². The number of hydrogen-bond acceptors (Lipinski definition) is 3. The minimum Gasteiger partial charge on any atom is -0.449 e. The van der Waals surface area contributed by atoms with Crippen LogP contribution in [0.1, 0.15) is 41.3 Å². The topological polar surface area (TPSA) is 63.6 Å². The van der Waals surface area contributed by atoms with Gasteiger partial charge in [0.1, 0.15) is 5.75 Å². The third-order valence-electron chi connectivity index (χ3n) is 3.88. The molecule has 2 aromatic carbocycles. The summed E-state index contributed by atoms with van der Waals surface area (Å²) in [4.78, 5) is 23.2. The number of unbranched alkanes of at least 4 members (excludes halogenated alkanes) is 1. The molecule has 0 bridgehead atoms. The van der Waals surface area contributed by atoms with E-state index in [0.717, 1.165) is 36.0 Å². The molecule has 0 atom stereocenters. The van der Waals surface area contributed by atoms with Crippen molar-refractivity contribution in [1.82, 2.24) is 0 Å². The SMILES string of the molecule is CCCCc1ccc2c(c1)C(=O)c1cc(OC(=O)O)ccc1-2. The van der Waals surface area contributed by atoms with Gasteiger partial charge in [0.05, 0.1) is 0 Å². The van der Waals surface area contributed by atoms with Crippen LogP contribution in [0.3, 0.4) is 0 Å². The highest BCUT2D eigenvalue weighted by Crippen LogP contribution is 2.38. The lowest BCUT2D eigenvalue weighted by molar-refractivity contribution is 0.104. The van der Waals surface area contributed by atoms with E-state index >= 15 is 0 Å². The van der Waals surface area contributed by atoms with Crippen LogP contribution in [0.15, 0.2) is 36.4 Å². The molecule has 0 spiro atoms. The molecular weight excluding hydrogens is 280 g/mol. The minimum atomic E-state index is -1.38. The number of benzene rings is 2. The molecule has 2 aromatic rings. The van der Waals surface area contributed by atoms with Crippen LogP contribution in [0.2, 0.25) is 0 Å². The molecule has 0 fully saturated rings. The van der Waals surface area contributed by atoms with Crippen molar-refractivity contribution in [1.29, 1.82) is 0 Å². The first-order valence-corrected chi connectivity index (χ1v) is 7.33. The molecule has 0 unspecified atom stereocenters. The molecule has 1 N–H and O–H groups in total. The quantitative estimate of drug-likeness (QED) is 0.576. The maximum atomic E-state index is 12.5. The predicted octanol–water partition coefficient (Wildman–Crippen LogP) is 4.30. The van der Waals surface area contributed by atoms with Gasteiger partial charge in [0.2, 0.25) is 0 Å². The Bertz CT molecular complexity index is 762. The van der Waals surface area contributed by atoms with Crippen molar-refractivity contribution in [3.8, 4) is 16.9 Å². The second-order valence-electron chi connectivity index (χ2n) is 5.39. The second-order valence-corrected chi connectivity index (χ2v) is 5.39. The Morgan fingerprint density at radius 1 is 1.05 bits per heavy atom. The van der Waals surface area contributed by atoms with Gasteiger partial charge >= 0.3 is 6.16 Å². The van der Waals surface area contributed by atoms with Gasteiger partial charge in [-0.1, -0.05) is 25.5 Å². The highest BCUT2D eigenvalue weighted by molar-refractivity contribution is 6.22. The fourth-order valence-electron chi connectivity index (χ4n) is 2.81. The van der Waals surface area contributed by atoms with Crippen molar-refractivity contribution in [2.75, 3.05) is 0 Å². The monoisotopic (exact) mass is 296 g/mol. The summed E-state index contributed by atoms with van der Waals surface area (Å²) in [5.41, 5.74) is 4.09. The lowest BCUT2D eigenvalue weighted by Gasteiger charge is -2.04. The van der Waals surface area contributed by atoms with Gasteiger partial charge in [-0.05, 0) is 53.8 Å². The number of ether oxygens (including phenoxy) is 1. The van der Waals surface area contributed by atoms with Crippen molar-refractivity contribution in [2.24, 2.45) is 0 Å². The summed E-state index contributed by atoms with van der Waals surface area (Å²) >= 11 is 0. The lowest BCUT2D eigenvalue weighted by Crippen LogP contribution is -2.04. The molecule has 0 heterocycles. The van der Waals surface area contributed by atoms with Crippen LogP contribution < -0.4 is 4.74 Å². The van der Waals surface area contributed by atoms with Crippen molar-refractivity contribution in [3.05, 3.63) is 53.1 Å². The van der Waals surface area contributed by atoms with Crippen molar-refractivity contribution in [2.45, 2.75) is 26.2 Å². The Balaban J connectivity index is 1.98. The van der Waals surface area contributed by atoms with Crippen LogP contribution in [0.4, 0.5) is 4.79 Å². The molecule has 0 aromatic heterocycles. The Kier molecular flexibility index (Phi) is 3.67. The number of carboxylic acid groups (broad SMARTS) is 1. The number of rotatable bonds is 4. The van der Waals surface area contributed by atoms with Gasteiger partial charge < -0.3 is 9.84 Å². The van der Waals surface area contributed by atoms with Crippen LogP contribution in [0.5, 0.6) is 5.75 Å². The smallest absolute Gasteiger partial charge is 0.449 e. The average Bonchev–Trinajstić information content (AvgIpc) is 2.77. The number of aryl methyl sites for hydroxylation is 1. The second kappa shape index (κ2) is 5.64. The zero-order valence-electron chi connectivity index (χ0n) is 12.3. The van der Waals surface area contributed by atoms with E-state index in [0.29, 0.717) is 11.1 Å². The van der Waals surface area contributed by atoms with E-state index in [1.165, 1.54) is 6.07 Å². The summed E-state index contributed by atoms with van der Waals surface area (Å²) in [5.74, 6) is 0.0952.